The lowest BCUT2D eigenvalue weighted by molar-refractivity contribution is 0.0697. The molecule has 0 aliphatic heterocycles. The van der Waals surface area contributed by atoms with Crippen molar-refractivity contribution >= 4 is 28.9 Å². The van der Waals surface area contributed by atoms with Gasteiger partial charge in [0.1, 0.15) is 5.69 Å². The van der Waals surface area contributed by atoms with Crippen molar-refractivity contribution in [3.63, 3.8) is 0 Å². The summed E-state index contributed by atoms with van der Waals surface area (Å²) in [5.41, 5.74) is 0.978. The maximum atomic E-state index is 12.0. The fraction of sp³-hybridized carbons (Fsp3) is 0. The number of aromatic nitrogens is 2. The van der Waals surface area contributed by atoms with Gasteiger partial charge in [-0.3, -0.25) is 4.79 Å². The minimum Gasteiger partial charge on any atom is -0.478 e. The van der Waals surface area contributed by atoms with Gasteiger partial charge in [-0.15, -0.1) is 11.3 Å². The highest BCUT2D eigenvalue weighted by atomic mass is 35.5. The average molecular weight is 333 g/mol. The van der Waals surface area contributed by atoms with E-state index in [9.17, 15) is 9.59 Å². The third-order valence-electron chi connectivity index (χ3n) is 2.98. The summed E-state index contributed by atoms with van der Waals surface area (Å²) in [6.45, 7) is 0. The molecule has 110 valence electrons. The van der Waals surface area contributed by atoms with E-state index in [1.165, 1.54) is 34.2 Å². The summed E-state index contributed by atoms with van der Waals surface area (Å²) >= 11 is 7.28. The van der Waals surface area contributed by atoms with Crippen LogP contribution in [0.4, 0.5) is 0 Å². The average Bonchev–Trinajstić information content (AvgIpc) is 2.94. The van der Waals surface area contributed by atoms with Crippen LogP contribution >= 0.6 is 22.9 Å². The first-order valence-corrected chi connectivity index (χ1v) is 7.44. The lowest BCUT2D eigenvalue weighted by Crippen LogP contribution is -2.20. The van der Waals surface area contributed by atoms with Crippen LogP contribution in [0.15, 0.2) is 53.3 Å². The highest BCUT2D eigenvalue weighted by Gasteiger charge is 2.08. The van der Waals surface area contributed by atoms with Crippen molar-refractivity contribution in [2.24, 2.45) is 0 Å². The predicted molar refractivity (Wildman–Crippen MR) is 85.1 cm³/mol. The number of aromatic carboxylic acids is 1. The number of thiophene rings is 1. The van der Waals surface area contributed by atoms with Gasteiger partial charge in [0.15, 0.2) is 0 Å². The zero-order valence-electron chi connectivity index (χ0n) is 11.1. The molecule has 0 bridgehead atoms. The van der Waals surface area contributed by atoms with Crippen molar-refractivity contribution in [2.75, 3.05) is 0 Å². The van der Waals surface area contributed by atoms with Gasteiger partial charge in [-0.05, 0) is 42.5 Å². The maximum Gasteiger partial charge on any atom is 0.335 e. The van der Waals surface area contributed by atoms with E-state index in [0.29, 0.717) is 15.7 Å². The molecule has 1 N–H and O–H groups in total. The molecule has 0 saturated heterocycles. The minimum absolute atomic E-state index is 0.151. The predicted octanol–water partition coefficient (Wildman–Crippen LogP) is 3.31. The van der Waals surface area contributed by atoms with Crippen LogP contribution in [0.2, 0.25) is 4.34 Å². The molecule has 5 nitrogen and oxygen atoms in total. The Morgan fingerprint density at radius 3 is 2.41 bits per heavy atom. The SMILES string of the molecule is O=C(O)c1ccc(-n2nc(-c3ccc(Cl)s3)ccc2=O)cc1. The van der Waals surface area contributed by atoms with Gasteiger partial charge >= 0.3 is 5.97 Å². The number of nitrogens with zero attached hydrogens (tertiary/aromatic N) is 2. The lowest BCUT2D eigenvalue weighted by Gasteiger charge is -2.06. The Kier molecular flexibility index (Phi) is 3.79. The molecule has 0 fully saturated rings. The van der Waals surface area contributed by atoms with Crippen LogP contribution in [0.1, 0.15) is 10.4 Å². The highest BCUT2D eigenvalue weighted by molar-refractivity contribution is 7.19. The first-order valence-electron chi connectivity index (χ1n) is 6.24. The second-order valence-corrected chi connectivity index (χ2v) is 6.14. The second kappa shape index (κ2) is 5.75. The van der Waals surface area contributed by atoms with Crippen LogP contribution in [0, 0.1) is 0 Å². The van der Waals surface area contributed by atoms with Crippen molar-refractivity contribution in [2.45, 2.75) is 0 Å². The monoisotopic (exact) mass is 332 g/mol. The quantitative estimate of drug-likeness (QED) is 0.798. The number of hydrogen-bond acceptors (Lipinski definition) is 4. The summed E-state index contributed by atoms with van der Waals surface area (Å²) in [5, 5.41) is 13.2. The van der Waals surface area contributed by atoms with Crippen LogP contribution in [0.25, 0.3) is 16.3 Å². The number of carboxylic acids is 1. The van der Waals surface area contributed by atoms with Crippen LogP contribution < -0.4 is 5.56 Å². The Morgan fingerprint density at radius 1 is 1.09 bits per heavy atom. The van der Waals surface area contributed by atoms with Gasteiger partial charge in [0, 0.05) is 6.07 Å². The van der Waals surface area contributed by atoms with Gasteiger partial charge in [-0.25, -0.2) is 4.79 Å². The van der Waals surface area contributed by atoms with Gasteiger partial charge in [-0.2, -0.15) is 9.78 Å². The van der Waals surface area contributed by atoms with E-state index < -0.39 is 5.97 Å². The normalized spacial score (nSPS) is 10.6. The van der Waals surface area contributed by atoms with Crippen LogP contribution in [-0.2, 0) is 0 Å². The van der Waals surface area contributed by atoms with Gasteiger partial charge < -0.3 is 5.11 Å². The molecule has 3 aromatic rings. The van der Waals surface area contributed by atoms with Crippen LogP contribution in [0.3, 0.4) is 0 Å². The molecule has 3 rings (SSSR count). The number of halogens is 1. The van der Waals surface area contributed by atoms with E-state index in [1.807, 2.05) is 6.07 Å². The van der Waals surface area contributed by atoms with E-state index in [4.69, 9.17) is 16.7 Å². The number of rotatable bonds is 3. The van der Waals surface area contributed by atoms with Crippen LogP contribution in [0.5, 0.6) is 0 Å². The van der Waals surface area contributed by atoms with E-state index in [0.717, 1.165) is 4.88 Å². The van der Waals surface area contributed by atoms with E-state index in [2.05, 4.69) is 5.10 Å². The van der Waals surface area contributed by atoms with Crippen molar-refractivity contribution in [3.05, 3.63) is 68.8 Å². The second-order valence-electron chi connectivity index (χ2n) is 4.42. The molecule has 0 aliphatic carbocycles. The molecule has 22 heavy (non-hydrogen) atoms. The van der Waals surface area contributed by atoms with E-state index >= 15 is 0 Å². The minimum atomic E-state index is -1.02. The van der Waals surface area contributed by atoms with Crippen molar-refractivity contribution < 1.29 is 9.90 Å². The van der Waals surface area contributed by atoms with Crippen molar-refractivity contribution in [1.29, 1.82) is 0 Å². The van der Waals surface area contributed by atoms with E-state index in [-0.39, 0.29) is 11.1 Å². The molecule has 0 spiro atoms. The van der Waals surface area contributed by atoms with Gasteiger partial charge in [0.05, 0.1) is 20.5 Å². The largest absolute Gasteiger partial charge is 0.478 e. The topological polar surface area (TPSA) is 72.2 Å². The summed E-state index contributed by atoms with van der Waals surface area (Å²) in [7, 11) is 0. The molecule has 7 heteroatoms. The zero-order chi connectivity index (χ0) is 15.7. The maximum absolute atomic E-state index is 12.0. The molecular formula is C15H9ClN2O3S. The highest BCUT2D eigenvalue weighted by Crippen LogP contribution is 2.29. The fourth-order valence-electron chi connectivity index (χ4n) is 1.92. The fourth-order valence-corrected chi connectivity index (χ4v) is 2.93. The number of carboxylic acid groups (broad SMARTS) is 1. The number of carbonyl (C=O) groups is 1. The molecule has 2 heterocycles. The molecular weight excluding hydrogens is 324 g/mol. The summed E-state index contributed by atoms with van der Waals surface area (Å²) < 4.78 is 1.87. The molecule has 0 atom stereocenters. The summed E-state index contributed by atoms with van der Waals surface area (Å²) in [6, 6.07) is 12.6. The molecule has 0 saturated carbocycles. The Bertz CT molecular complexity index is 900. The van der Waals surface area contributed by atoms with Gasteiger partial charge in [-0.1, -0.05) is 11.6 Å². The summed E-state index contributed by atoms with van der Waals surface area (Å²) in [5.74, 6) is -1.02. The number of benzene rings is 1. The molecule has 0 aliphatic rings. The van der Waals surface area contributed by atoms with Gasteiger partial charge in [0.2, 0.25) is 0 Å². The smallest absolute Gasteiger partial charge is 0.335 e. The Labute approximate surface area is 134 Å². The summed E-state index contributed by atoms with van der Waals surface area (Å²) in [4.78, 5) is 23.7. The number of hydrogen-bond donors (Lipinski definition) is 1. The van der Waals surface area contributed by atoms with Crippen molar-refractivity contribution in [1.82, 2.24) is 9.78 Å². The molecule has 0 amide bonds. The molecule has 0 radical (unpaired) electrons. The molecule has 1 aromatic carbocycles. The van der Waals surface area contributed by atoms with Gasteiger partial charge in [0.25, 0.3) is 5.56 Å². The third-order valence-corrected chi connectivity index (χ3v) is 4.24. The Hall–Kier alpha value is -2.44. The Balaban J connectivity index is 2.06. The lowest BCUT2D eigenvalue weighted by atomic mass is 10.2. The zero-order valence-corrected chi connectivity index (χ0v) is 12.6. The van der Waals surface area contributed by atoms with Crippen molar-refractivity contribution in [3.8, 4) is 16.3 Å². The molecule has 0 unspecified atom stereocenters. The third kappa shape index (κ3) is 2.79. The Morgan fingerprint density at radius 2 is 1.82 bits per heavy atom. The van der Waals surface area contributed by atoms with E-state index in [1.54, 1.807) is 24.3 Å². The van der Waals surface area contributed by atoms with Crippen LogP contribution in [-0.4, -0.2) is 20.9 Å². The molecule has 2 aromatic heterocycles. The first-order chi connectivity index (χ1) is 10.5. The standard InChI is InChI=1S/C15H9ClN2O3S/c16-13-7-6-12(22-13)11-5-8-14(19)18(17-11)10-3-1-9(2-4-10)15(20)21/h1-8H,(H,20,21). The first kappa shape index (κ1) is 14.5. The summed E-state index contributed by atoms with van der Waals surface area (Å²) in [6.07, 6.45) is 0.